The number of hydrogen-bond donors (Lipinski definition) is 1. The SMILES string of the molecule is Cc1nc(S[C@@H](C)C(=O)NC(C)C)n(C2CCCC2)c1C. The molecule has 1 aromatic rings. The smallest absolute Gasteiger partial charge is 0.233 e. The van der Waals surface area contributed by atoms with Crippen LogP contribution in [0.1, 0.15) is 63.9 Å². The molecule has 1 fully saturated rings. The van der Waals surface area contributed by atoms with Gasteiger partial charge in [-0.25, -0.2) is 4.98 Å². The van der Waals surface area contributed by atoms with E-state index in [1.165, 1.54) is 31.4 Å². The van der Waals surface area contributed by atoms with Gasteiger partial charge in [-0.1, -0.05) is 24.6 Å². The molecule has 1 N–H and O–H groups in total. The third-order valence-corrected chi connectivity index (χ3v) is 5.19. The summed E-state index contributed by atoms with van der Waals surface area (Å²) in [4.78, 5) is 16.8. The van der Waals surface area contributed by atoms with Crippen molar-refractivity contribution in [3.63, 3.8) is 0 Å². The average molecular weight is 309 g/mol. The summed E-state index contributed by atoms with van der Waals surface area (Å²) >= 11 is 1.58. The Morgan fingerprint density at radius 1 is 1.29 bits per heavy atom. The van der Waals surface area contributed by atoms with E-state index in [4.69, 9.17) is 4.98 Å². The third-order valence-electron chi connectivity index (χ3n) is 4.13. The highest BCUT2D eigenvalue weighted by Crippen LogP contribution is 2.36. The van der Waals surface area contributed by atoms with E-state index >= 15 is 0 Å². The number of rotatable bonds is 5. The zero-order valence-corrected chi connectivity index (χ0v) is 14.6. The van der Waals surface area contributed by atoms with Crippen LogP contribution in [0.15, 0.2) is 5.16 Å². The van der Waals surface area contributed by atoms with E-state index in [2.05, 4.69) is 23.7 Å². The van der Waals surface area contributed by atoms with Crippen molar-refractivity contribution in [2.45, 2.75) is 82.8 Å². The Kier molecular flexibility index (Phi) is 5.36. The van der Waals surface area contributed by atoms with Gasteiger partial charge in [0, 0.05) is 17.8 Å². The molecular weight excluding hydrogens is 282 g/mol. The Morgan fingerprint density at radius 2 is 1.90 bits per heavy atom. The van der Waals surface area contributed by atoms with Crippen molar-refractivity contribution < 1.29 is 4.79 Å². The average Bonchev–Trinajstić information content (AvgIpc) is 2.98. The maximum Gasteiger partial charge on any atom is 0.233 e. The van der Waals surface area contributed by atoms with Crippen LogP contribution in [0.3, 0.4) is 0 Å². The van der Waals surface area contributed by atoms with Crippen molar-refractivity contribution in [2.75, 3.05) is 0 Å². The van der Waals surface area contributed by atoms with E-state index in [1.807, 2.05) is 20.8 Å². The van der Waals surface area contributed by atoms with Crippen LogP contribution in [0.4, 0.5) is 0 Å². The minimum atomic E-state index is -0.117. The fourth-order valence-electron chi connectivity index (χ4n) is 2.89. The Hall–Kier alpha value is -0.970. The molecule has 2 rings (SSSR count). The van der Waals surface area contributed by atoms with E-state index < -0.39 is 0 Å². The maximum absolute atomic E-state index is 12.1. The van der Waals surface area contributed by atoms with Crippen LogP contribution in [0.2, 0.25) is 0 Å². The quantitative estimate of drug-likeness (QED) is 0.845. The van der Waals surface area contributed by atoms with Crippen LogP contribution >= 0.6 is 11.8 Å². The second-order valence-corrected chi connectivity index (χ2v) is 7.60. The first kappa shape index (κ1) is 16.4. The summed E-state index contributed by atoms with van der Waals surface area (Å²) in [5, 5.41) is 3.86. The Morgan fingerprint density at radius 3 is 2.48 bits per heavy atom. The van der Waals surface area contributed by atoms with E-state index in [0.29, 0.717) is 6.04 Å². The predicted molar refractivity (Wildman–Crippen MR) is 87.8 cm³/mol. The number of carbonyl (C=O) groups is 1. The Labute approximate surface area is 132 Å². The molecular formula is C16H27N3OS. The van der Waals surface area contributed by atoms with Gasteiger partial charge in [0.05, 0.1) is 10.9 Å². The van der Waals surface area contributed by atoms with Gasteiger partial charge in [0.15, 0.2) is 5.16 Å². The van der Waals surface area contributed by atoms with Crippen LogP contribution in [0.5, 0.6) is 0 Å². The van der Waals surface area contributed by atoms with Crippen molar-refractivity contribution in [1.29, 1.82) is 0 Å². The van der Waals surface area contributed by atoms with Crippen LogP contribution in [-0.4, -0.2) is 26.8 Å². The molecule has 1 aliphatic carbocycles. The molecule has 1 aromatic heterocycles. The molecule has 0 aromatic carbocycles. The molecule has 0 unspecified atom stereocenters. The number of nitrogens with one attached hydrogen (secondary N) is 1. The number of carbonyl (C=O) groups excluding carboxylic acids is 1. The zero-order valence-electron chi connectivity index (χ0n) is 13.8. The normalized spacial score (nSPS) is 17.4. The second kappa shape index (κ2) is 6.86. The summed E-state index contributed by atoms with van der Waals surface area (Å²) in [6.07, 6.45) is 5.07. The number of nitrogens with zero attached hydrogens (tertiary/aromatic N) is 2. The first-order chi connectivity index (χ1) is 9.90. The molecule has 118 valence electrons. The number of hydrogen-bond acceptors (Lipinski definition) is 3. The monoisotopic (exact) mass is 309 g/mol. The topological polar surface area (TPSA) is 46.9 Å². The highest BCUT2D eigenvalue weighted by atomic mass is 32.2. The van der Waals surface area contributed by atoms with E-state index in [-0.39, 0.29) is 17.2 Å². The molecule has 0 aliphatic heterocycles. The maximum atomic E-state index is 12.1. The number of amides is 1. The molecule has 0 saturated heterocycles. The summed E-state index contributed by atoms with van der Waals surface area (Å²) in [7, 11) is 0. The van der Waals surface area contributed by atoms with Crippen molar-refractivity contribution in [3.05, 3.63) is 11.4 Å². The molecule has 21 heavy (non-hydrogen) atoms. The minimum Gasteiger partial charge on any atom is -0.353 e. The molecule has 0 radical (unpaired) electrons. The van der Waals surface area contributed by atoms with Crippen molar-refractivity contribution in [2.24, 2.45) is 0 Å². The molecule has 1 saturated carbocycles. The largest absolute Gasteiger partial charge is 0.353 e. The molecule has 1 aliphatic rings. The highest BCUT2D eigenvalue weighted by Gasteiger charge is 2.25. The van der Waals surface area contributed by atoms with Crippen LogP contribution in [0.25, 0.3) is 0 Å². The fraction of sp³-hybridized carbons (Fsp3) is 0.750. The summed E-state index contributed by atoms with van der Waals surface area (Å²) < 4.78 is 2.37. The fourth-order valence-corrected chi connectivity index (χ4v) is 3.97. The van der Waals surface area contributed by atoms with Crippen LogP contribution < -0.4 is 5.32 Å². The lowest BCUT2D eigenvalue weighted by Gasteiger charge is -2.19. The van der Waals surface area contributed by atoms with Gasteiger partial charge >= 0.3 is 0 Å². The van der Waals surface area contributed by atoms with Gasteiger partial charge in [0.2, 0.25) is 5.91 Å². The van der Waals surface area contributed by atoms with E-state index in [0.717, 1.165) is 10.9 Å². The summed E-state index contributed by atoms with van der Waals surface area (Å²) in [5.74, 6) is 0.0891. The first-order valence-corrected chi connectivity index (χ1v) is 8.80. The summed E-state index contributed by atoms with van der Waals surface area (Å²) in [6, 6.07) is 0.743. The Balaban J connectivity index is 2.16. The molecule has 4 nitrogen and oxygen atoms in total. The van der Waals surface area contributed by atoms with Crippen LogP contribution in [-0.2, 0) is 4.79 Å². The molecule has 1 atom stereocenters. The van der Waals surface area contributed by atoms with Gasteiger partial charge in [-0.2, -0.15) is 0 Å². The lowest BCUT2D eigenvalue weighted by atomic mass is 10.2. The number of aromatic nitrogens is 2. The molecule has 0 spiro atoms. The second-order valence-electron chi connectivity index (χ2n) is 6.30. The van der Waals surface area contributed by atoms with Gasteiger partial charge in [-0.3, -0.25) is 4.79 Å². The standard InChI is InChI=1S/C16H27N3OS/c1-10(2)17-15(20)13(5)21-16-18-11(3)12(4)19(16)14-8-6-7-9-14/h10,13-14H,6-9H2,1-5H3,(H,17,20)/t13-/m0/s1. The van der Waals surface area contributed by atoms with Crippen LogP contribution in [0, 0.1) is 13.8 Å². The molecule has 5 heteroatoms. The molecule has 0 bridgehead atoms. The van der Waals surface area contributed by atoms with Gasteiger partial charge in [-0.05, 0) is 47.5 Å². The molecule has 1 amide bonds. The predicted octanol–water partition coefficient (Wildman–Crippen LogP) is 3.62. The van der Waals surface area contributed by atoms with Gasteiger partial charge < -0.3 is 9.88 Å². The number of imidazole rings is 1. The van der Waals surface area contributed by atoms with Crippen molar-refractivity contribution in [1.82, 2.24) is 14.9 Å². The number of aryl methyl sites for hydroxylation is 1. The lowest BCUT2D eigenvalue weighted by molar-refractivity contribution is -0.120. The van der Waals surface area contributed by atoms with E-state index in [1.54, 1.807) is 11.8 Å². The minimum absolute atomic E-state index is 0.0891. The third kappa shape index (κ3) is 3.82. The van der Waals surface area contributed by atoms with E-state index in [9.17, 15) is 4.79 Å². The summed E-state index contributed by atoms with van der Waals surface area (Å²) in [6.45, 7) is 10.1. The zero-order chi connectivity index (χ0) is 15.6. The van der Waals surface area contributed by atoms with Crippen molar-refractivity contribution >= 4 is 17.7 Å². The van der Waals surface area contributed by atoms with Gasteiger partial charge in [0.25, 0.3) is 0 Å². The Bertz CT molecular complexity index is 504. The van der Waals surface area contributed by atoms with Gasteiger partial charge in [-0.15, -0.1) is 0 Å². The number of thioether (sulfide) groups is 1. The first-order valence-electron chi connectivity index (χ1n) is 7.92. The highest BCUT2D eigenvalue weighted by molar-refractivity contribution is 8.00. The molecule has 1 heterocycles. The summed E-state index contributed by atoms with van der Waals surface area (Å²) in [5.41, 5.74) is 2.33. The lowest BCUT2D eigenvalue weighted by Crippen LogP contribution is -2.36. The van der Waals surface area contributed by atoms with Gasteiger partial charge in [0.1, 0.15) is 0 Å². The van der Waals surface area contributed by atoms with Crippen molar-refractivity contribution in [3.8, 4) is 0 Å².